The molecule has 0 fully saturated rings. The molecule has 0 heterocycles. The topological polar surface area (TPSA) is 92.2 Å². The van der Waals surface area contributed by atoms with E-state index in [2.05, 4.69) is 28.1 Å². The molecule has 0 N–H and O–H groups in total. The molecule has 11 heavy (non-hydrogen) atoms. The Kier molecular flexibility index (Phi) is 6.04. The van der Waals surface area contributed by atoms with Crippen molar-refractivity contribution in [3.63, 3.8) is 0 Å². The third-order valence-corrected chi connectivity index (χ3v) is 0.949. The second-order valence-corrected chi connectivity index (χ2v) is 3.74. The van der Waals surface area contributed by atoms with Crippen molar-refractivity contribution in [1.29, 1.82) is 0 Å². The summed E-state index contributed by atoms with van der Waals surface area (Å²) in [6.07, 6.45) is 0. The second kappa shape index (κ2) is 4.87. The molecule has 0 saturated carbocycles. The Hall–Kier alpha value is 0.0900. The summed E-state index contributed by atoms with van der Waals surface area (Å²) in [5, 5.41) is 0. The number of hydrogen-bond donors (Lipinski definition) is 0. The zero-order valence-electron chi connectivity index (χ0n) is 7.17. The number of nitrogens with zero attached hydrogens (tertiary/aromatic N) is 1. The van der Waals surface area contributed by atoms with Crippen LogP contribution >= 0.6 is 0 Å². The highest BCUT2D eigenvalue weighted by molar-refractivity contribution is 4.06. The lowest BCUT2D eigenvalue weighted by Gasteiger charge is -2.20. The molecule has 0 radical (unpaired) electrons. The minimum absolute atomic E-state index is 1.07. The fourth-order valence-electron chi connectivity index (χ4n) is 0. The molecular weight excluding hydrogens is 174 g/mol. The van der Waals surface area contributed by atoms with E-state index in [4.69, 9.17) is 18.6 Å². The van der Waals surface area contributed by atoms with Crippen LogP contribution in [0.4, 0.5) is 0 Å². The predicted octanol–water partition coefficient (Wildman–Crippen LogP) is -4.04. The highest BCUT2D eigenvalue weighted by atomic mass is 35.7. The molecule has 0 amide bonds. The zero-order valence-corrected chi connectivity index (χ0v) is 7.92. The summed E-state index contributed by atoms with van der Waals surface area (Å²) in [7, 11) is 1.60. The van der Waals surface area contributed by atoms with Crippen LogP contribution in [-0.4, -0.2) is 32.2 Å². The highest BCUT2D eigenvalue weighted by Gasteiger charge is 1.97. The Bertz CT molecular complexity index is 89.6. The fraction of sp³-hybridized carbons (Fsp3) is 1.00. The van der Waals surface area contributed by atoms with E-state index < -0.39 is 10.2 Å². The summed E-state index contributed by atoms with van der Waals surface area (Å²) in [6, 6.07) is 0. The highest BCUT2D eigenvalue weighted by Crippen LogP contribution is 1.83. The maximum atomic E-state index is 8.49. The van der Waals surface area contributed by atoms with Gasteiger partial charge in [0, 0.05) is 0 Å². The Labute approximate surface area is 68.8 Å². The molecule has 0 bridgehead atoms. The van der Waals surface area contributed by atoms with Gasteiger partial charge in [-0.3, -0.25) is 0 Å². The van der Waals surface area contributed by atoms with Gasteiger partial charge in [-0.1, -0.05) is 0 Å². The minimum Gasteiger partial charge on any atom is -0.331 e. The van der Waals surface area contributed by atoms with E-state index in [-0.39, 0.29) is 0 Å². The summed E-state index contributed by atoms with van der Waals surface area (Å²) >= 11 is 0. The van der Waals surface area contributed by atoms with Gasteiger partial charge in [-0.25, -0.2) is 18.6 Å². The van der Waals surface area contributed by atoms with E-state index in [1.807, 2.05) is 0 Å². The Balaban J connectivity index is 0. The third-order valence-electron chi connectivity index (χ3n) is 0.949. The smallest absolute Gasteiger partial charge is 0.0751 e. The van der Waals surface area contributed by atoms with Gasteiger partial charge in [0.2, 0.25) is 0 Å². The van der Waals surface area contributed by atoms with Gasteiger partial charge in [0.25, 0.3) is 0 Å². The average Bonchev–Trinajstić information content (AvgIpc) is 1.59. The van der Waals surface area contributed by atoms with Crippen LogP contribution in [0, 0.1) is 10.2 Å². The second-order valence-electron chi connectivity index (χ2n) is 2.98. The molecule has 0 aliphatic rings. The molecule has 0 rings (SSSR count). The molecule has 0 saturated heterocycles. The van der Waals surface area contributed by atoms with E-state index in [9.17, 15) is 0 Å². The summed E-state index contributed by atoms with van der Waals surface area (Å²) in [6.45, 7) is 3.39. The van der Waals surface area contributed by atoms with Gasteiger partial charge >= 0.3 is 0 Å². The van der Waals surface area contributed by atoms with E-state index in [1.54, 1.807) is 0 Å². The number of quaternary nitrogens is 1. The molecule has 0 aliphatic carbocycles. The lowest BCUT2D eigenvalue weighted by Crippen LogP contribution is -2.68. The van der Waals surface area contributed by atoms with Gasteiger partial charge in [-0.15, -0.1) is 10.2 Å². The fourth-order valence-corrected chi connectivity index (χ4v) is 0. The van der Waals surface area contributed by atoms with E-state index in [1.165, 1.54) is 6.54 Å². The van der Waals surface area contributed by atoms with Gasteiger partial charge < -0.3 is 4.48 Å². The van der Waals surface area contributed by atoms with E-state index in [0.717, 1.165) is 4.48 Å². The van der Waals surface area contributed by atoms with Crippen molar-refractivity contribution in [3.8, 4) is 0 Å². The third kappa shape index (κ3) is 69.2. The molecular formula is C5H14ClNO4. The molecule has 5 nitrogen and oxygen atoms in total. The summed E-state index contributed by atoms with van der Waals surface area (Å²) in [4.78, 5) is 0. The first-order valence-electron chi connectivity index (χ1n) is 2.98. The Morgan fingerprint density at radius 1 is 1.00 bits per heavy atom. The summed E-state index contributed by atoms with van der Waals surface area (Å²) in [5.41, 5.74) is 0. The number of rotatable bonds is 1. The van der Waals surface area contributed by atoms with Crippen molar-refractivity contribution in [2.45, 2.75) is 6.92 Å². The lowest BCUT2D eigenvalue weighted by atomic mass is 10.6. The van der Waals surface area contributed by atoms with Crippen LogP contribution in [0.15, 0.2) is 0 Å². The predicted molar refractivity (Wildman–Crippen MR) is 28.6 cm³/mol. The van der Waals surface area contributed by atoms with Crippen molar-refractivity contribution in [1.82, 2.24) is 0 Å². The molecule has 0 spiro atoms. The van der Waals surface area contributed by atoms with Crippen LogP contribution in [0.3, 0.4) is 0 Å². The molecule has 0 atom stereocenters. The normalized spacial score (nSPS) is 12.0. The zero-order chi connectivity index (χ0) is 9.71. The standard InChI is InChI=1S/C5H14N.ClHO4/c1-5-6(2,3)4;2-1(3,4)5/h5H2,1-4H3;(H,2,3,4,5)/q+1;/p-1. The maximum Gasteiger partial charge on any atom is 0.0751 e. The summed E-state index contributed by atoms with van der Waals surface area (Å²) < 4.78 is 35.0. The van der Waals surface area contributed by atoms with E-state index >= 15 is 0 Å². The van der Waals surface area contributed by atoms with Crippen LogP contribution in [0.1, 0.15) is 6.92 Å². The van der Waals surface area contributed by atoms with Crippen LogP contribution in [0.5, 0.6) is 0 Å². The number of hydrogen-bond acceptors (Lipinski definition) is 4. The molecule has 0 unspecified atom stereocenters. The number of halogens is 1. The first-order chi connectivity index (χ1) is 4.56. The SMILES string of the molecule is CC[N+](C)(C)C.[O-][Cl+3]([O-])([O-])[O-]. The van der Waals surface area contributed by atoms with Crippen molar-refractivity contribution in [3.05, 3.63) is 0 Å². The molecule has 0 aromatic rings. The van der Waals surface area contributed by atoms with Crippen LogP contribution in [-0.2, 0) is 0 Å². The van der Waals surface area contributed by atoms with Crippen LogP contribution < -0.4 is 18.6 Å². The molecule has 0 aromatic heterocycles. The molecule has 0 aliphatic heterocycles. The van der Waals surface area contributed by atoms with Crippen molar-refractivity contribution < 1.29 is 33.4 Å². The van der Waals surface area contributed by atoms with Gasteiger partial charge in [0.1, 0.15) is 0 Å². The van der Waals surface area contributed by atoms with E-state index in [0.29, 0.717) is 0 Å². The van der Waals surface area contributed by atoms with Crippen LogP contribution in [0.2, 0.25) is 0 Å². The Morgan fingerprint density at radius 2 is 1.09 bits per heavy atom. The molecule has 6 heteroatoms. The first-order valence-corrected chi connectivity index (χ1v) is 4.22. The summed E-state index contributed by atoms with van der Waals surface area (Å²) in [5.74, 6) is 0. The quantitative estimate of drug-likeness (QED) is 0.391. The monoisotopic (exact) mass is 187 g/mol. The van der Waals surface area contributed by atoms with Crippen molar-refractivity contribution >= 4 is 0 Å². The lowest BCUT2D eigenvalue weighted by molar-refractivity contribution is -2.00. The van der Waals surface area contributed by atoms with Gasteiger partial charge in [0.15, 0.2) is 0 Å². The Morgan fingerprint density at radius 3 is 1.09 bits per heavy atom. The first kappa shape index (κ1) is 13.7. The van der Waals surface area contributed by atoms with Crippen LogP contribution in [0.25, 0.3) is 0 Å². The van der Waals surface area contributed by atoms with Gasteiger partial charge in [0.05, 0.1) is 27.7 Å². The van der Waals surface area contributed by atoms with Gasteiger partial charge in [-0.05, 0) is 6.92 Å². The van der Waals surface area contributed by atoms with Crippen molar-refractivity contribution in [2.24, 2.45) is 0 Å². The maximum absolute atomic E-state index is 8.49. The largest absolute Gasteiger partial charge is 0.331 e. The van der Waals surface area contributed by atoms with Crippen molar-refractivity contribution in [2.75, 3.05) is 27.7 Å². The average molecular weight is 188 g/mol. The minimum atomic E-state index is -4.94. The van der Waals surface area contributed by atoms with Gasteiger partial charge in [-0.2, -0.15) is 0 Å². The molecule has 70 valence electrons. The molecule has 0 aromatic carbocycles.